The first kappa shape index (κ1) is 14.9. The Balaban J connectivity index is 2.49. The van der Waals surface area contributed by atoms with Gasteiger partial charge in [0.1, 0.15) is 18.2 Å². The largest absolute Gasteiger partial charge is 0.491 e. The van der Waals surface area contributed by atoms with Crippen molar-refractivity contribution >= 4 is 0 Å². The molecule has 1 unspecified atom stereocenters. The molecule has 1 aromatic carbocycles. The molecule has 1 rings (SSSR count). The highest BCUT2D eigenvalue weighted by Gasteiger charge is 2.13. The van der Waals surface area contributed by atoms with E-state index in [9.17, 15) is 4.39 Å². The van der Waals surface area contributed by atoms with E-state index in [-0.39, 0.29) is 5.82 Å². The van der Waals surface area contributed by atoms with Crippen LogP contribution in [0.4, 0.5) is 4.39 Å². The van der Waals surface area contributed by atoms with E-state index < -0.39 is 6.04 Å². The van der Waals surface area contributed by atoms with Crippen molar-refractivity contribution in [2.45, 2.75) is 26.8 Å². The second kappa shape index (κ2) is 7.34. The van der Waals surface area contributed by atoms with Crippen LogP contribution in [-0.2, 0) is 4.74 Å². The zero-order valence-corrected chi connectivity index (χ0v) is 11.3. The molecular weight excluding hydrogens is 233 g/mol. The molecule has 0 radical (unpaired) electrons. The Morgan fingerprint density at radius 2 is 1.94 bits per heavy atom. The van der Waals surface area contributed by atoms with Gasteiger partial charge in [0.15, 0.2) is 0 Å². The number of nitrogens with two attached hydrogens (primary N) is 1. The SMILES string of the molecule is CC(C)COCCOc1cccc(F)c1C(C)N. The first-order chi connectivity index (χ1) is 8.52. The third kappa shape index (κ3) is 4.63. The number of hydrogen-bond acceptors (Lipinski definition) is 3. The number of hydrogen-bond donors (Lipinski definition) is 1. The monoisotopic (exact) mass is 255 g/mol. The number of halogens is 1. The van der Waals surface area contributed by atoms with E-state index in [4.69, 9.17) is 15.2 Å². The highest BCUT2D eigenvalue weighted by atomic mass is 19.1. The summed E-state index contributed by atoms with van der Waals surface area (Å²) in [7, 11) is 0. The lowest BCUT2D eigenvalue weighted by Gasteiger charge is -2.15. The minimum Gasteiger partial charge on any atom is -0.491 e. The molecule has 0 aliphatic rings. The summed E-state index contributed by atoms with van der Waals surface area (Å²) in [5.74, 6) is 0.669. The van der Waals surface area contributed by atoms with Gasteiger partial charge in [0.05, 0.1) is 6.61 Å². The average molecular weight is 255 g/mol. The Morgan fingerprint density at radius 3 is 2.56 bits per heavy atom. The summed E-state index contributed by atoms with van der Waals surface area (Å²) in [5.41, 5.74) is 6.15. The molecule has 4 heteroatoms. The topological polar surface area (TPSA) is 44.5 Å². The van der Waals surface area contributed by atoms with Gasteiger partial charge in [0.25, 0.3) is 0 Å². The zero-order valence-electron chi connectivity index (χ0n) is 11.3. The van der Waals surface area contributed by atoms with Crippen molar-refractivity contribution in [2.24, 2.45) is 11.7 Å². The predicted molar refractivity (Wildman–Crippen MR) is 70.2 cm³/mol. The third-order valence-corrected chi connectivity index (χ3v) is 2.40. The van der Waals surface area contributed by atoms with E-state index in [1.165, 1.54) is 6.07 Å². The maximum Gasteiger partial charge on any atom is 0.131 e. The van der Waals surface area contributed by atoms with Crippen molar-refractivity contribution in [3.05, 3.63) is 29.6 Å². The second-order valence-corrected chi connectivity index (χ2v) is 4.76. The Morgan fingerprint density at radius 1 is 1.22 bits per heavy atom. The summed E-state index contributed by atoms with van der Waals surface area (Å²) in [6.07, 6.45) is 0. The highest BCUT2D eigenvalue weighted by molar-refractivity contribution is 5.36. The van der Waals surface area contributed by atoms with Crippen LogP contribution >= 0.6 is 0 Å². The number of ether oxygens (including phenoxy) is 2. The minimum absolute atomic E-state index is 0.328. The van der Waals surface area contributed by atoms with Gasteiger partial charge in [0.2, 0.25) is 0 Å². The van der Waals surface area contributed by atoms with Gasteiger partial charge in [-0.15, -0.1) is 0 Å². The van der Waals surface area contributed by atoms with Gasteiger partial charge >= 0.3 is 0 Å². The fourth-order valence-corrected chi connectivity index (χ4v) is 1.61. The van der Waals surface area contributed by atoms with Crippen LogP contribution in [0.2, 0.25) is 0 Å². The molecule has 0 amide bonds. The van der Waals surface area contributed by atoms with Gasteiger partial charge in [-0.25, -0.2) is 4.39 Å². The molecule has 102 valence electrons. The van der Waals surface area contributed by atoms with Crippen molar-refractivity contribution < 1.29 is 13.9 Å². The Labute approximate surface area is 108 Å². The third-order valence-electron chi connectivity index (χ3n) is 2.40. The van der Waals surface area contributed by atoms with Crippen molar-refractivity contribution in [3.8, 4) is 5.75 Å². The van der Waals surface area contributed by atoms with Crippen LogP contribution in [0.1, 0.15) is 32.4 Å². The van der Waals surface area contributed by atoms with Gasteiger partial charge in [0, 0.05) is 18.2 Å². The van der Waals surface area contributed by atoms with E-state index in [0.717, 1.165) is 0 Å². The van der Waals surface area contributed by atoms with E-state index in [2.05, 4.69) is 13.8 Å². The van der Waals surface area contributed by atoms with Crippen LogP contribution in [0.25, 0.3) is 0 Å². The molecule has 2 N–H and O–H groups in total. The Kier molecular flexibility index (Phi) is 6.09. The quantitative estimate of drug-likeness (QED) is 0.762. The van der Waals surface area contributed by atoms with Crippen LogP contribution in [0.5, 0.6) is 5.75 Å². The van der Waals surface area contributed by atoms with Crippen LogP contribution < -0.4 is 10.5 Å². The predicted octanol–water partition coefficient (Wildman–Crippen LogP) is 2.90. The van der Waals surface area contributed by atoms with E-state index in [0.29, 0.717) is 37.1 Å². The molecular formula is C14H22FNO2. The zero-order chi connectivity index (χ0) is 13.5. The molecule has 0 spiro atoms. The normalized spacial score (nSPS) is 12.8. The summed E-state index contributed by atoms with van der Waals surface area (Å²) >= 11 is 0. The fraction of sp³-hybridized carbons (Fsp3) is 0.571. The maximum absolute atomic E-state index is 13.6. The van der Waals surface area contributed by atoms with E-state index >= 15 is 0 Å². The van der Waals surface area contributed by atoms with Crippen molar-refractivity contribution in [1.82, 2.24) is 0 Å². The average Bonchev–Trinajstić information content (AvgIpc) is 2.27. The van der Waals surface area contributed by atoms with Crippen molar-refractivity contribution in [3.63, 3.8) is 0 Å². The molecule has 0 heterocycles. The summed E-state index contributed by atoms with van der Waals surface area (Å²) in [4.78, 5) is 0. The minimum atomic E-state index is -0.391. The number of rotatable bonds is 7. The molecule has 0 aliphatic carbocycles. The molecule has 0 fully saturated rings. The molecule has 0 aromatic heterocycles. The lowest BCUT2D eigenvalue weighted by molar-refractivity contribution is 0.0814. The fourth-order valence-electron chi connectivity index (χ4n) is 1.61. The maximum atomic E-state index is 13.6. The first-order valence-corrected chi connectivity index (χ1v) is 6.27. The second-order valence-electron chi connectivity index (χ2n) is 4.76. The van der Waals surface area contributed by atoms with Gasteiger partial charge in [-0.2, -0.15) is 0 Å². The molecule has 0 saturated heterocycles. The first-order valence-electron chi connectivity index (χ1n) is 6.27. The standard InChI is InChI=1S/C14H22FNO2/c1-10(2)9-17-7-8-18-13-6-4-5-12(15)14(13)11(3)16/h4-6,10-11H,7-9,16H2,1-3H3. The van der Waals surface area contributed by atoms with Crippen molar-refractivity contribution in [1.29, 1.82) is 0 Å². The summed E-state index contributed by atoms with van der Waals surface area (Å²) in [5, 5.41) is 0. The summed E-state index contributed by atoms with van der Waals surface area (Å²) in [6.45, 7) is 7.50. The van der Waals surface area contributed by atoms with Crippen molar-refractivity contribution in [2.75, 3.05) is 19.8 Å². The molecule has 0 saturated carbocycles. The molecule has 0 bridgehead atoms. The lowest BCUT2D eigenvalue weighted by atomic mass is 10.1. The number of benzene rings is 1. The molecule has 18 heavy (non-hydrogen) atoms. The Bertz CT molecular complexity index is 367. The van der Waals surface area contributed by atoms with Gasteiger partial charge in [-0.1, -0.05) is 19.9 Å². The van der Waals surface area contributed by atoms with E-state index in [1.54, 1.807) is 19.1 Å². The van der Waals surface area contributed by atoms with E-state index in [1.807, 2.05) is 0 Å². The van der Waals surface area contributed by atoms with Crippen LogP contribution in [0, 0.1) is 11.7 Å². The molecule has 1 aromatic rings. The molecule has 1 atom stereocenters. The summed E-state index contributed by atoms with van der Waals surface area (Å²) < 4.78 is 24.5. The van der Waals surface area contributed by atoms with Crippen LogP contribution in [-0.4, -0.2) is 19.8 Å². The molecule has 3 nitrogen and oxygen atoms in total. The smallest absolute Gasteiger partial charge is 0.131 e. The van der Waals surface area contributed by atoms with Crippen LogP contribution in [0.3, 0.4) is 0 Å². The lowest BCUT2D eigenvalue weighted by Crippen LogP contribution is -2.14. The highest BCUT2D eigenvalue weighted by Crippen LogP contribution is 2.26. The molecule has 0 aliphatic heterocycles. The van der Waals surface area contributed by atoms with Gasteiger partial charge < -0.3 is 15.2 Å². The summed E-state index contributed by atoms with van der Waals surface area (Å²) in [6, 6.07) is 4.34. The van der Waals surface area contributed by atoms with Gasteiger partial charge in [-0.3, -0.25) is 0 Å². The van der Waals surface area contributed by atoms with Gasteiger partial charge in [-0.05, 0) is 25.0 Å². The van der Waals surface area contributed by atoms with Crippen LogP contribution in [0.15, 0.2) is 18.2 Å². The Hall–Kier alpha value is -1.13.